The standard InChI is InChI=1S/C32H42N8O2/c1-21-22-18-32(21,19-22)40-27-23(17-31(29(40)42)9-10-33-28(31)41)20-34-30(36-27)35-24-3-5-25(6-4-24)38-11-7-26(8-12-38)39-15-13-37(2)14-16-39/h3-6,20-22,26H,7-19H2,1-2H3,(H,33,41)(H,34,35,36)/t21-,22?,31-,32?/m1/s1. The van der Waals surface area contributed by atoms with Crippen LogP contribution in [0, 0.1) is 17.3 Å². The normalized spacial score (nSPS) is 33.3. The topological polar surface area (TPSA) is 96.9 Å². The molecule has 5 heterocycles. The minimum Gasteiger partial charge on any atom is -0.371 e. The summed E-state index contributed by atoms with van der Waals surface area (Å²) in [6.07, 6.45) is 7.16. The summed E-state index contributed by atoms with van der Waals surface area (Å²) in [5.74, 6) is 2.06. The Labute approximate surface area is 247 Å². The third-order valence-electron chi connectivity index (χ3n) is 11.7. The molecule has 0 radical (unpaired) electrons. The molecule has 1 aromatic carbocycles. The van der Waals surface area contributed by atoms with Gasteiger partial charge >= 0.3 is 0 Å². The van der Waals surface area contributed by atoms with E-state index in [1.54, 1.807) is 0 Å². The molecule has 2 atom stereocenters. The van der Waals surface area contributed by atoms with Crippen LogP contribution in [0.3, 0.4) is 0 Å². The molecule has 3 saturated carbocycles. The van der Waals surface area contributed by atoms with Crippen molar-refractivity contribution in [1.29, 1.82) is 0 Å². The Morgan fingerprint density at radius 3 is 2.36 bits per heavy atom. The number of piperidine rings is 1. The van der Waals surface area contributed by atoms with E-state index in [1.807, 2.05) is 11.1 Å². The van der Waals surface area contributed by atoms with Gasteiger partial charge in [0.15, 0.2) is 0 Å². The molecule has 6 fully saturated rings. The molecule has 2 N–H and O–H groups in total. The number of amides is 2. The van der Waals surface area contributed by atoms with E-state index in [0.29, 0.717) is 49.0 Å². The van der Waals surface area contributed by atoms with E-state index in [1.165, 1.54) is 44.7 Å². The largest absolute Gasteiger partial charge is 0.371 e. The monoisotopic (exact) mass is 570 g/mol. The SMILES string of the molecule is C[C@@H]1C2CC1(N1C(=O)[C@]3(CCNC3=O)Cc3cnc(Nc4ccc(N5CCC(N6CCN(C)CC6)CC5)cc4)nc31)C2. The van der Waals surface area contributed by atoms with Gasteiger partial charge in [0.1, 0.15) is 11.2 Å². The molecular weight excluding hydrogens is 528 g/mol. The van der Waals surface area contributed by atoms with Crippen molar-refractivity contribution in [2.24, 2.45) is 17.3 Å². The summed E-state index contributed by atoms with van der Waals surface area (Å²) in [5.41, 5.74) is 1.83. The highest BCUT2D eigenvalue weighted by atomic mass is 16.2. The third-order valence-corrected chi connectivity index (χ3v) is 11.7. The van der Waals surface area contributed by atoms with Gasteiger partial charge < -0.3 is 20.4 Å². The number of rotatable bonds is 5. The van der Waals surface area contributed by atoms with E-state index < -0.39 is 5.41 Å². The van der Waals surface area contributed by atoms with Crippen LogP contribution in [0.25, 0.3) is 0 Å². The van der Waals surface area contributed by atoms with Gasteiger partial charge in [0.05, 0.1) is 5.54 Å². The number of anilines is 4. The molecule has 0 unspecified atom stereocenters. The predicted molar refractivity (Wildman–Crippen MR) is 162 cm³/mol. The number of nitrogens with zero attached hydrogens (tertiary/aromatic N) is 6. The fourth-order valence-corrected chi connectivity index (χ4v) is 8.58. The van der Waals surface area contributed by atoms with E-state index in [9.17, 15) is 9.59 Å². The average molecular weight is 571 g/mol. The number of aromatic nitrogens is 2. The number of piperazine rings is 1. The van der Waals surface area contributed by atoms with Crippen molar-refractivity contribution in [3.63, 3.8) is 0 Å². The number of carbonyl (C=O) groups excluding carboxylic acids is 2. The number of nitrogens with one attached hydrogen (secondary N) is 2. The van der Waals surface area contributed by atoms with Gasteiger partial charge in [-0.3, -0.25) is 19.4 Å². The Kier molecular flexibility index (Phi) is 6.06. The molecule has 1 aromatic heterocycles. The van der Waals surface area contributed by atoms with Crippen molar-refractivity contribution in [3.05, 3.63) is 36.0 Å². The van der Waals surface area contributed by atoms with Crippen LogP contribution in [0.5, 0.6) is 0 Å². The van der Waals surface area contributed by atoms with E-state index in [2.05, 4.69) is 68.6 Å². The first kappa shape index (κ1) is 26.4. The molecule has 2 bridgehead atoms. The summed E-state index contributed by atoms with van der Waals surface area (Å²) >= 11 is 0. The first-order chi connectivity index (χ1) is 20.4. The molecule has 2 amide bonds. The van der Waals surface area contributed by atoms with Crippen LogP contribution < -0.4 is 20.4 Å². The number of likely N-dealkylation sites (N-methyl/N-ethyl adjacent to an activating group) is 1. The zero-order valence-corrected chi connectivity index (χ0v) is 24.8. The molecule has 10 heteroatoms. The second kappa shape index (κ2) is 9.64. The van der Waals surface area contributed by atoms with Crippen molar-refractivity contribution in [1.82, 2.24) is 25.1 Å². The summed E-state index contributed by atoms with van der Waals surface area (Å²) in [5, 5.41) is 6.30. The van der Waals surface area contributed by atoms with Gasteiger partial charge in [-0.05, 0) is 75.3 Å². The average Bonchev–Trinajstić information content (AvgIpc) is 3.36. The lowest BCUT2D eigenvalue weighted by molar-refractivity contribution is -0.151. The molecule has 10 nitrogen and oxygen atoms in total. The second-order valence-corrected chi connectivity index (χ2v) is 13.7. The fraction of sp³-hybridized carbons (Fsp3) is 0.625. The van der Waals surface area contributed by atoms with Crippen LogP contribution in [-0.2, 0) is 16.0 Å². The van der Waals surface area contributed by atoms with Gasteiger partial charge in [-0.1, -0.05) is 6.92 Å². The Morgan fingerprint density at radius 2 is 1.74 bits per heavy atom. The molecule has 1 spiro atoms. The molecule has 3 aliphatic carbocycles. The number of benzene rings is 1. The summed E-state index contributed by atoms with van der Waals surface area (Å²) in [6, 6.07) is 9.25. The Morgan fingerprint density at radius 1 is 1.00 bits per heavy atom. The van der Waals surface area contributed by atoms with Crippen LogP contribution in [0.4, 0.5) is 23.1 Å². The maximum atomic E-state index is 14.1. The molecule has 4 aliphatic heterocycles. The van der Waals surface area contributed by atoms with Gasteiger partial charge in [0, 0.05) is 81.4 Å². The first-order valence-electron chi connectivity index (χ1n) is 15.9. The quantitative estimate of drug-likeness (QED) is 0.530. The van der Waals surface area contributed by atoms with Crippen LogP contribution in [0.1, 0.15) is 44.6 Å². The van der Waals surface area contributed by atoms with Crippen molar-refractivity contribution in [2.75, 3.05) is 68.0 Å². The Bertz CT molecular complexity index is 1390. The predicted octanol–water partition coefficient (Wildman–Crippen LogP) is 2.63. The lowest BCUT2D eigenvalue weighted by Gasteiger charge is -2.71. The van der Waals surface area contributed by atoms with Crippen LogP contribution >= 0.6 is 0 Å². The number of fused-ring (bicyclic) bond motifs is 1. The van der Waals surface area contributed by atoms with E-state index >= 15 is 0 Å². The highest BCUT2D eigenvalue weighted by Crippen LogP contribution is 2.67. The van der Waals surface area contributed by atoms with Crippen LogP contribution in [-0.4, -0.2) is 96.0 Å². The van der Waals surface area contributed by atoms with Crippen molar-refractivity contribution >= 4 is 35.0 Å². The van der Waals surface area contributed by atoms with Gasteiger partial charge in [0.25, 0.3) is 0 Å². The van der Waals surface area contributed by atoms with Gasteiger partial charge in [-0.2, -0.15) is 4.98 Å². The number of hydrogen-bond acceptors (Lipinski definition) is 8. The van der Waals surface area contributed by atoms with Gasteiger partial charge in [-0.15, -0.1) is 0 Å². The van der Waals surface area contributed by atoms with E-state index in [4.69, 9.17) is 4.98 Å². The van der Waals surface area contributed by atoms with Gasteiger partial charge in [-0.25, -0.2) is 4.98 Å². The molecule has 3 saturated heterocycles. The zero-order valence-electron chi connectivity index (χ0n) is 24.8. The van der Waals surface area contributed by atoms with Crippen molar-refractivity contribution < 1.29 is 9.59 Å². The van der Waals surface area contributed by atoms with Gasteiger partial charge in [0.2, 0.25) is 17.8 Å². The summed E-state index contributed by atoms with van der Waals surface area (Å²) in [7, 11) is 2.22. The smallest absolute Gasteiger partial charge is 0.244 e. The van der Waals surface area contributed by atoms with Crippen LogP contribution in [0.2, 0.25) is 0 Å². The lowest BCUT2D eigenvalue weighted by atomic mass is 9.42. The maximum absolute atomic E-state index is 14.1. The molecule has 9 rings (SSSR count). The number of hydrogen-bond donors (Lipinski definition) is 2. The van der Waals surface area contributed by atoms with E-state index in [0.717, 1.165) is 37.2 Å². The Balaban J connectivity index is 0.977. The third kappa shape index (κ3) is 3.90. The molecule has 42 heavy (non-hydrogen) atoms. The summed E-state index contributed by atoms with van der Waals surface area (Å²) in [6.45, 7) is 9.68. The molecular formula is C32H42N8O2. The van der Waals surface area contributed by atoms with Crippen molar-refractivity contribution in [2.45, 2.75) is 57.0 Å². The zero-order chi connectivity index (χ0) is 28.6. The first-order valence-corrected chi connectivity index (χ1v) is 15.9. The van der Waals surface area contributed by atoms with E-state index in [-0.39, 0.29) is 17.4 Å². The molecule has 222 valence electrons. The summed E-state index contributed by atoms with van der Waals surface area (Å²) in [4.78, 5) is 46.2. The lowest BCUT2D eigenvalue weighted by Crippen LogP contribution is -2.78. The number of carbonyl (C=O) groups is 2. The summed E-state index contributed by atoms with van der Waals surface area (Å²) < 4.78 is 0. The minimum absolute atomic E-state index is 0.0691. The fourth-order valence-electron chi connectivity index (χ4n) is 8.58. The second-order valence-electron chi connectivity index (χ2n) is 13.7. The van der Waals surface area contributed by atoms with Crippen LogP contribution in [0.15, 0.2) is 30.5 Å². The molecule has 7 aliphatic rings. The highest BCUT2D eigenvalue weighted by molar-refractivity contribution is 6.15. The van der Waals surface area contributed by atoms with Crippen molar-refractivity contribution in [3.8, 4) is 0 Å². The Hall–Kier alpha value is -3.24. The minimum atomic E-state index is -1.02. The maximum Gasteiger partial charge on any atom is 0.244 e. The molecule has 2 aromatic rings. The highest BCUT2D eigenvalue weighted by Gasteiger charge is 2.71.